The van der Waals surface area contributed by atoms with Crippen LogP contribution in [0.5, 0.6) is 0 Å². The van der Waals surface area contributed by atoms with Gasteiger partial charge in [0.05, 0.1) is 17.5 Å². The van der Waals surface area contributed by atoms with Gasteiger partial charge < -0.3 is 11.1 Å². The maximum Gasteiger partial charge on any atom is 0.266 e. The number of hydrogen-bond acceptors (Lipinski definition) is 5. The van der Waals surface area contributed by atoms with Crippen LogP contribution in [0.1, 0.15) is 11.6 Å². The van der Waals surface area contributed by atoms with Crippen LogP contribution >= 0.6 is 0 Å². The minimum Gasteiger partial charge on any atom is -0.388 e. The van der Waals surface area contributed by atoms with Gasteiger partial charge in [0, 0.05) is 12.7 Å². The maximum atomic E-state index is 12.8. The summed E-state index contributed by atoms with van der Waals surface area (Å²) in [6.45, 7) is 0.214. The molecule has 6 nitrogen and oxygen atoms in total. The highest BCUT2D eigenvalue weighted by Gasteiger charge is 2.34. The molecule has 0 amide bonds. The van der Waals surface area contributed by atoms with Gasteiger partial charge in [-0.15, -0.1) is 0 Å². The predicted octanol–water partition coefficient (Wildman–Crippen LogP) is 1.79. The Bertz CT molecular complexity index is 817. The SMILES string of the molecule is CNc1ccc(S(=O)(=O)N2C[C@H](c3ccccc3)N=C2N)cc1. The molecule has 1 atom stereocenters. The molecule has 2 aromatic rings. The molecule has 1 aliphatic rings. The molecule has 1 aliphatic heterocycles. The average Bonchev–Trinajstić information content (AvgIpc) is 2.98. The molecule has 0 unspecified atom stereocenters. The molecule has 0 aliphatic carbocycles. The quantitative estimate of drug-likeness (QED) is 0.894. The van der Waals surface area contributed by atoms with E-state index in [4.69, 9.17) is 5.73 Å². The van der Waals surface area contributed by atoms with Gasteiger partial charge in [0.15, 0.2) is 0 Å². The Morgan fingerprint density at radius 2 is 1.78 bits per heavy atom. The molecule has 0 saturated carbocycles. The molecule has 7 heteroatoms. The van der Waals surface area contributed by atoms with E-state index in [-0.39, 0.29) is 23.4 Å². The van der Waals surface area contributed by atoms with Crippen molar-refractivity contribution in [1.29, 1.82) is 0 Å². The number of hydrogen-bond donors (Lipinski definition) is 2. The van der Waals surface area contributed by atoms with Crippen molar-refractivity contribution in [3.63, 3.8) is 0 Å². The van der Waals surface area contributed by atoms with Crippen molar-refractivity contribution >= 4 is 21.7 Å². The van der Waals surface area contributed by atoms with E-state index in [9.17, 15) is 8.42 Å². The van der Waals surface area contributed by atoms with Crippen LogP contribution in [0.2, 0.25) is 0 Å². The van der Waals surface area contributed by atoms with Crippen molar-refractivity contribution in [3.05, 3.63) is 60.2 Å². The molecule has 0 bridgehead atoms. The Balaban J connectivity index is 1.88. The Morgan fingerprint density at radius 3 is 2.39 bits per heavy atom. The largest absolute Gasteiger partial charge is 0.388 e. The van der Waals surface area contributed by atoms with Gasteiger partial charge in [-0.25, -0.2) is 17.7 Å². The summed E-state index contributed by atoms with van der Waals surface area (Å²) in [6, 6.07) is 15.8. The summed E-state index contributed by atoms with van der Waals surface area (Å²) in [7, 11) is -1.93. The third kappa shape index (κ3) is 2.87. The fourth-order valence-corrected chi connectivity index (χ4v) is 3.88. The highest BCUT2D eigenvalue weighted by molar-refractivity contribution is 7.89. The minimum absolute atomic E-state index is 0.0246. The first-order valence-electron chi connectivity index (χ1n) is 7.21. The first kappa shape index (κ1) is 15.4. The van der Waals surface area contributed by atoms with Gasteiger partial charge in [0.2, 0.25) is 5.96 Å². The smallest absolute Gasteiger partial charge is 0.266 e. The van der Waals surface area contributed by atoms with E-state index in [1.54, 1.807) is 31.3 Å². The van der Waals surface area contributed by atoms with E-state index >= 15 is 0 Å². The van der Waals surface area contributed by atoms with Crippen LogP contribution < -0.4 is 11.1 Å². The third-order valence-corrected chi connectivity index (χ3v) is 5.58. The van der Waals surface area contributed by atoms with Gasteiger partial charge in [-0.2, -0.15) is 0 Å². The number of rotatable bonds is 4. The second kappa shape index (κ2) is 5.92. The summed E-state index contributed by atoms with van der Waals surface area (Å²) < 4.78 is 26.7. The normalized spacial score (nSPS) is 17.9. The molecule has 120 valence electrons. The van der Waals surface area contributed by atoms with Crippen LogP contribution in [-0.2, 0) is 10.0 Å². The van der Waals surface area contributed by atoms with E-state index in [1.165, 1.54) is 4.31 Å². The lowest BCUT2D eigenvalue weighted by Crippen LogP contribution is -2.39. The van der Waals surface area contributed by atoms with Crippen molar-refractivity contribution in [1.82, 2.24) is 4.31 Å². The lowest BCUT2D eigenvalue weighted by atomic mass is 10.1. The second-order valence-corrected chi connectivity index (χ2v) is 7.09. The molecule has 23 heavy (non-hydrogen) atoms. The van der Waals surface area contributed by atoms with Crippen LogP contribution in [0.3, 0.4) is 0 Å². The van der Waals surface area contributed by atoms with E-state index < -0.39 is 10.0 Å². The Hall–Kier alpha value is -2.54. The molecule has 3 N–H and O–H groups in total. The third-order valence-electron chi connectivity index (χ3n) is 3.80. The molecule has 3 rings (SSSR count). The summed E-state index contributed by atoms with van der Waals surface area (Å²) in [5.41, 5.74) is 7.66. The predicted molar refractivity (Wildman–Crippen MR) is 90.7 cm³/mol. The van der Waals surface area contributed by atoms with Crippen LogP contribution in [0.4, 0.5) is 5.69 Å². The zero-order valence-corrected chi connectivity index (χ0v) is 13.5. The number of benzene rings is 2. The Morgan fingerprint density at radius 1 is 1.13 bits per heavy atom. The van der Waals surface area contributed by atoms with Crippen molar-refractivity contribution in [2.45, 2.75) is 10.9 Å². The zero-order valence-electron chi connectivity index (χ0n) is 12.7. The monoisotopic (exact) mass is 330 g/mol. The molecule has 2 aromatic carbocycles. The van der Waals surface area contributed by atoms with Gasteiger partial charge >= 0.3 is 0 Å². The van der Waals surface area contributed by atoms with Gasteiger partial charge in [0.25, 0.3) is 10.0 Å². The molecule has 0 fully saturated rings. The standard InChI is InChI=1S/C16H18N4O2S/c1-18-13-7-9-14(10-8-13)23(21,22)20-11-15(19-16(20)17)12-5-3-2-4-6-12/h2-10,15,18H,11H2,1H3,(H2,17,19)/t15-/m1/s1. The summed E-state index contributed by atoms with van der Waals surface area (Å²) in [5.74, 6) is 0.0246. The van der Waals surface area contributed by atoms with E-state index in [1.807, 2.05) is 30.3 Å². The maximum absolute atomic E-state index is 12.8. The fourth-order valence-electron chi connectivity index (χ4n) is 2.51. The van der Waals surface area contributed by atoms with Crippen LogP contribution in [0.25, 0.3) is 0 Å². The molecular weight excluding hydrogens is 312 g/mol. The number of nitrogens with two attached hydrogens (primary N) is 1. The lowest BCUT2D eigenvalue weighted by molar-refractivity contribution is 0.519. The number of aliphatic imine (C=N–C) groups is 1. The molecule has 0 radical (unpaired) electrons. The number of anilines is 1. The highest BCUT2D eigenvalue weighted by Crippen LogP contribution is 2.28. The molecule has 1 heterocycles. The summed E-state index contributed by atoms with van der Waals surface area (Å²) in [5, 5.41) is 2.96. The summed E-state index contributed by atoms with van der Waals surface area (Å²) >= 11 is 0. The highest BCUT2D eigenvalue weighted by atomic mass is 32.2. The summed E-state index contributed by atoms with van der Waals surface area (Å²) in [4.78, 5) is 4.49. The minimum atomic E-state index is -3.70. The second-order valence-electron chi connectivity index (χ2n) is 5.22. The van der Waals surface area contributed by atoms with Crippen molar-refractivity contribution in [2.24, 2.45) is 10.7 Å². The summed E-state index contributed by atoms with van der Waals surface area (Å²) in [6.07, 6.45) is 0. The molecule has 0 saturated heterocycles. The molecule has 0 spiro atoms. The van der Waals surface area contributed by atoms with Crippen LogP contribution in [-0.4, -0.2) is 32.3 Å². The topological polar surface area (TPSA) is 87.8 Å². The van der Waals surface area contributed by atoms with Crippen molar-refractivity contribution < 1.29 is 8.42 Å². The molecular formula is C16H18N4O2S. The van der Waals surface area contributed by atoms with E-state index in [2.05, 4.69) is 10.3 Å². The fraction of sp³-hybridized carbons (Fsp3) is 0.188. The van der Waals surface area contributed by atoms with Crippen LogP contribution in [0.15, 0.2) is 64.5 Å². The van der Waals surface area contributed by atoms with E-state index in [0.717, 1.165) is 11.3 Å². The van der Waals surface area contributed by atoms with Gasteiger partial charge in [-0.3, -0.25) is 0 Å². The number of sulfonamides is 1. The van der Waals surface area contributed by atoms with Crippen molar-refractivity contribution in [3.8, 4) is 0 Å². The number of nitrogens with one attached hydrogen (secondary N) is 1. The lowest BCUT2D eigenvalue weighted by Gasteiger charge is -2.19. The average molecular weight is 330 g/mol. The number of guanidine groups is 1. The Kier molecular flexibility index (Phi) is 3.96. The molecule has 0 aromatic heterocycles. The zero-order chi connectivity index (χ0) is 16.4. The Labute approximate surface area is 135 Å². The van der Waals surface area contributed by atoms with Crippen molar-refractivity contribution in [2.75, 3.05) is 18.9 Å². The first-order valence-corrected chi connectivity index (χ1v) is 8.65. The number of nitrogens with zero attached hydrogens (tertiary/aromatic N) is 2. The van der Waals surface area contributed by atoms with Gasteiger partial charge in [-0.1, -0.05) is 30.3 Å². The van der Waals surface area contributed by atoms with Gasteiger partial charge in [-0.05, 0) is 29.8 Å². The van der Waals surface area contributed by atoms with Gasteiger partial charge in [0.1, 0.15) is 0 Å². The van der Waals surface area contributed by atoms with E-state index in [0.29, 0.717) is 0 Å². The first-order chi connectivity index (χ1) is 11.0. The van der Waals surface area contributed by atoms with Crippen LogP contribution in [0, 0.1) is 0 Å².